The minimum absolute atomic E-state index is 0.00979. The van der Waals surface area contributed by atoms with Gasteiger partial charge in [-0.3, -0.25) is 57.5 Å². The number of anilines is 7. The van der Waals surface area contributed by atoms with Crippen molar-refractivity contribution in [2.75, 3.05) is 95.8 Å². The van der Waals surface area contributed by atoms with Gasteiger partial charge in [0.1, 0.15) is 34.2 Å². The Bertz CT molecular complexity index is 4910. The summed E-state index contributed by atoms with van der Waals surface area (Å²) in [6.45, 7) is 3.31. The van der Waals surface area contributed by atoms with Crippen molar-refractivity contribution in [2.24, 2.45) is 56.4 Å². The average Bonchev–Trinajstić information content (AvgIpc) is 1.69. The number of hydrogen-bond acceptors (Lipinski definition) is 17. The summed E-state index contributed by atoms with van der Waals surface area (Å²) in [5.41, 5.74) is 3.16. The van der Waals surface area contributed by atoms with Crippen LogP contribution in [0.5, 0.6) is 0 Å². The first-order valence-corrected chi connectivity index (χ1v) is 39.0. The van der Waals surface area contributed by atoms with Crippen LogP contribution in [-0.4, -0.2) is 204 Å². The van der Waals surface area contributed by atoms with Gasteiger partial charge in [0.05, 0.1) is 46.2 Å². The zero-order chi connectivity index (χ0) is 82.6. The van der Waals surface area contributed by atoms with Crippen molar-refractivity contribution in [1.82, 2.24) is 88.6 Å². The molecule has 10 rings (SSSR count). The molecule has 2 aliphatic rings. The molecule has 0 spiro atoms. The summed E-state index contributed by atoms with van der Waals surface area (Å²) in [6, 6.07) is 9.25. The monoisotopic (exact) mass is 1600 g/mol. The molecule has 39 heteroatoms. The highest BCUT2D eigenvalue weighted by atomic mass is 32.2. The summed E-state index contributed by atoms with van der Waals surface area (Å²) < 4.78 is 12.2. The fourth-order valence-corrected chi connectivity index (χ4v) is 14.9. The second-order valence-corrected chi connectivity index (χ2v) is 29.9. The average molecular weight is 1600 g/mol. The van der Waals surface area contributed by atoms with Gasteiger partial charge in [0.2, 0.25) is 29.5 Å². The van der Waals surface area contributed by atoms with Crippen molar-refractivity contribution >= 4 is 129 Å². The summed E-state index contributed by atoms with van der Waals surface area (Å²) in [6.07, 6.45) is 21.8. The van der Waals surface area contributed by atoms with E-state index in [1.807, 2.05) is 18.8 Å². The fraction of sp³-hybridized carbons (Fsp3) is 0.434. The zero-order valence-corrected chi connectivity index (χ0v) is 66.7. The number of nitrogens with zero attached hydrogens (tertiary/aromatic N) is 11. The molecular weight excluding hydrogens is 1500 g/mol. The lowest BCUT2D eigenvalue weighted by molar-refractivity contribution is -0.122. The summed E-state index contributed by atoms with van der Waals surface area (Å²) >= 11 is 1.88. The second kappa shape index (κ2) is 39.7. The maximum absolute atomic E-state index is 13.6. The summed E-state index contributed by atoms with van der Waals surface area (Å²) in [7, 11) is 15.0. The first-order chi connectivity index (χ1) is 55.0. The maximum atomic E-state index is 13.6. The van der Waals surface area contributed by atoms with Crippen LogP contribution in [-0.2, 0) is 75.6 Å². The van der Waals surface area contributed by atoms with E-state index in [1.165, 1.54) is 77.8 Å². The molecule has 0 bridgehead atoms. The van der Waals surface area contributed by atoms with E-state index >= 15 is 0 Å². The minimum Gasteiger partial charge on any atom is -0.356 e. The summed E-state index contributed by atoms with van der Waals surface area (Å²) in [5, 5.41) is 40.0. The second-order valence-electron chi connectivity index (χ2n) is 28.6. The SMILES string of the molecule is CN(CCCNC(=O)CCCCCNC(=O)CCCC[C@@H]1SC[C@@H]2NC(=O)N[C@@H]21)CCCNC(=O)CCNC(=O)c1cc(NC(=O)c2cc(NC(=O)c3cc(NC(=O)c4nc(NC(=O)CCCNC(=O)c5cc(NC(=O)c6cc(NC(=O)c7cc(NC(=O)c8nccn8C)cn7C)cn6C)cn5C)cn4C)cn3C)cn2C)cn1C. The van der Waals surface area contributed by atoms with Crippen LogP contribution in [0.15, 0.2) is 92.2 Å². The molecule has 10 heterocycles. The van der Waals surface area contributed by atoms with Crippen molar-refractivity contribution in [1.29, 1.82) is 0 Å². The number of nitrogens with one attached hydrogen (secondary N) is 14. The maximum Gasteiger partial charge on any atom is 0.315 e. The van der Waals surface area contributed by atoms with Gasteiger partial charge < -0.3 is 116 Å². The highest BCUT2D eigenvalue weighted by molar-refractivity contribution is 8.00. The Labute approximate surface area is 667 Å². The Balaban J connectivity index is 0.557. The number of carbonyl (C=O) groups excluding carboxylic acids is 13. The van der Waals surface area contributed by atoms with Crippen LogP contribution in [0.1, 0.15) is 168 Å². The molecular formula is C76H101N25O13S. The molecule has 0 aliphatic carbocycles. The number of imidazole rings is 2. The number of unbranched alkanes of at least 4 members (excludes halogenated alkanes) is 3. The number of aromatic nitrogens is 10. The Hall–Kier alpha value is -12.7. The lowest BCUT2D eigenvalue weighted by Crippen LogP contribution is -2.36. The van der Waals surface area contributed by atoms with Crippen LogP contribution in [0.2, 0.25) is 0 Å². The third-order valence-electron chi connectivity index (χ3n) is 19.4. The number of fused-ring (bicyclic) bond motifs is 1. The van der Waals surface area contributed by atoms with Crippen molar-refractivity contribution in [3.63, 3.8) is 0 Å². The Kier molecular flexibility index (Phi) is 29.2. The van der Waals surface area contributed by atoms with Gasteiger partial charge >= 0.3 is 6.03 Å². The first-order valence-electron chi connectivity index (χ1n) is 37.9. The van der Waals surface area contributed by atoms with Crippen LogP contribution in [0.25, 0.3) is 0 Å². The van der Waals surface area contributed by atoms with E-state index in [4.69, 9.17) is 0 Å². The Morgan fingerprint density at radius 3 is 1.24 bits per heavy atom. The van der Waals surface area contributed by atoms with E-state index in [0.29, 0.717) is 72.6 Å². The fourth-order valence-electron chi connectivity index (χ4n) is 13.4. The number of thioether (sulfide) groups is 1. The molecule has 0 unspecified atom stereocenters. The van der Waals surface area contributed by atoms with E-state index < -0.39 is 53.2 Å². The van der Waals surface area contributed by atoms with Gasteiger partial charge in [-0.15, -0.1) is 0 Å². The smallest absolute Gasteiger partial charge is 0.315 e. The van der Waals surface area contributed by atoms with Gasteiger partial charge in [0.15, 0.2) is 11.6 Å². The topological polar surface area (TPSA) is 459 Å². The van der Waals surface area contributed by atoms with Crippen molar-refractivity contribution in [3.05, 3.63) is 138 Å². The zero-order valence-electron chi connectivity index (χ0n) is 65.9. The van der Waals surface area contributed by atoms with Gasteiger partial charge in [0.25, 0.3) is 47.3 Å². The Morgan fingerprint density at radius 1 is 0.400 bits per heavy atom. The third kappa shape index (κ3) is 23.7. The van der Waals surface area contributed by atoms with Gasteiger partial charge in [-0.2, -0.15) is 11.8 Å². The highest BCUT2D eigenvalue weighted by Gasteiger charge is 2.42. The minimum atomic E-state index is -0.642. The third-order valence-corrected chi connectivity index (χ3v) is 20.9. The van der Waals surface area contributed by atoms with Crippen LogP contribution in [0.4, 0.5) is 44.7 Å². The van der Waals surface area contributed by atoms with Gasteiger partial charge in [-0.1, -0.05) is 12.8 Å². The molecule has 115 heavy (non-hydrogen) atoms. The number of urea groups is 1. The van der Waals surface area contributed by atoms with Gasteiger partial charge in [0, 0.05) is 182 Å². The number of carbonyl (C=O) groups is 13. The molecule has 8 aromatic rings. The molecule has 614 valence electrons. The molecule has 14 N–H and O–H groups in total. The number of hydrogen-bond donors (Lipinski definition) is 14. The van der Waals surface area contributed by atoms with Crippen molar-refractivity contribution in [2.45, 2.75) is 101 Å². The van der Waals surface area contributed by atoms with E-state index in [2.05, 4.69) is 89.3 Å². The summed E-state index contributed by atoms with van der Waals surface area (Å²) in [5.74, 6) is -3.52. The van der Waals surface area contributed by atoms with E-state index in [-0.39, 0.29) is 126 Å². The highest BCUT2D eigenvalue weighted by Crippen LogP contribution is 2.33. The standard InChI is InChI=1S/C76H101N25O13S/c1-93(29-16-25-78-61(102)19-11-10-14-23-77-62(103)20-13-12-18-59-65-52(45-115-59)89-76(114)92-65)30-17-26-79-63(104)22-27-82-69(107)54-33-47(39-96(54)4)84-71(109)56-35-49(41-98(56)6)86-73(111)58-37-51(43-100(58)8)88-75(113)67-91-60(44-101(67)9)90-64(105)21-15-24-81-68(106)53-32-46(38-95(53)3)83-70(108)55-34-48(40-97(55)5)85-72(110)57-36-50(42-99(57)7)87-74(112)66-80-28-31-94(66)2/h28,31-44,52,59,65H,10-27,29-30,45H2,1-9H3,(H,77,103)(H,78,102)(H,79,104)(H,81,106)(H,82,107)(H,83,108)(H,84,109)(H,85,110)(H,86,111)(H,87,112)(H,88,113)(H,90,105)(H2,89,92,114)/t52-,59-,65-/m0/s1. The number of rotatable bonds is 41. The molecule has 2 fully saturated rings. The predicted octanol–water partition coefficient (Wildman–Crippen LogP) is 4.31. The molecule has 0 saturated carbocycles. The molecule has 2 aliphatic heterocycles. The molecule has 0 aromatic carbocycles. The van der Waals surface area contributed by atoms with Crippen LogP contribution in [0, 0.1) is 0 Å². The van der Waals surface area contributed by atoms with Gasteiger partial charge in [-0.25, -0.2) is 14.8 Å². The molecule has 3 atom stereocenters. The molecule has 8 aromatic heterocycles. The first kappa shape index (κ1) is 84.8. The van der Waals surface area contributed by atoms with Crippen molar-refractivity contribution in [3.8, 4) is 0 Å². The molecule has 38 nitrogen and oxygen atoms in total. The number of amides is 14. The quantitative estimate of drug-likeness (QED) is 0.0187. The molecule has 2 saturated heterocycles. The lowest BCUT2D eigenvalue weighted by Gasteiger charge is -2.17. The van der Waals surface area contributed by atoms with E-state index in [0.717, 1.165) is 63.8 Å². The van der Waals surface area contributed by atoms with E-state index in [9.17, 15) is 62.3 Å². The largest absolute Gasteiger partial charge is 0.356 e. The van der Waals surface area contributed by atoms with Crippen LogP contribution >= 0.6 is 11.8 Å². The lowest BCUT2D eigenvalue weighted by atomic mass is 10.0. The molecule has 0 radical (unpaired) electrons. The van der Waals surface area contributed by atoms with Crippen LogP contribution < -0.4 is 74.4 Å². The van der Waals surface area contributed by atoms with E-state index in [1.54, 1.807) is 107 Å². The Morgan fingerprint density at radius 2 is 0.791 bits per heavy atom. The normalized spacial score (nSPS) is 14.1. The molecule has 14 amide bonds. The van der Waals surface area contributed by atoms with Crippen LogP contribution in [0.3, 0.4) is 0 Å². The van der Waals surface area contributed by atoms with Gasteiger partial charge in [-0.05, 0) is 101 Å². The number of aryl methyl sites for hydroxylation is 8. The summed E-state index contributed by atoms with van der Waals surface area (Å²) in [4.78, 5) is 179. The van der Waals surface area contributed by atoms with Crippen molar-refractivity contribution < 1.29 is 62.3 Å². The predicted molar refractivity (Wildman–Crippen MR) is 432 cm³/mol.